The Morgan fingerprint density at radius 1 is 1.25 bits per heavy atom. The number of amides is 1. The topological polar surface area (TPSA) is 60.9 Å². The van der Waals surface area contributed by atoms with Crippen molar-refractivity contribution in [3.05, 3.63) is 29.8 Å². The average Bonchev–Trinajstić information content (AvgIpc) is 2.48. The van der Waals surface area contributed by atoms with Crippen LogP contribution in [0.1, 0.15) is 39.7 Å². The molecule has 0 saturated carbocycles. The Morgan fingerprint density at radius 2 is 1.92 bits per heavy atom. The zero-order chi connectivity index (χ0) is 17.9. The first-order chi connectivity index (χ1) is 11.2. The Bertz CT molecular complexity index is 605. The highest BCUT2D eigenvalue weighted by molar-refractivity contribution is 5.89. The van der Waals surface area contributed by atoms with Crippen molar-refractivity contribution in [2.24, 2.45) is 5.41 Å². The lowest BCUT2D eigenvalue weighted by Gasteiger charge is -2.34. The minimum atomic E-state index is -0.467. The van der Waals surface area contributed by atoms with E-state index in [1.165, 1.54) is 0 Å². The summed E-state index contributed by atoms with van der Waals surface area (Å²) in [5, 5.41) is 9.74. The van der Waals surface area contributed by atoms with E-state index in [9.17, 15) is 14.7 Å². The normalized spacial score (nSPS) is 17.1. The van der Waals surface area contributed by atoms with Crippen LogP contribution in [0.2, 0.25) is 0 Å². The quantitative estimate of drug-likeness (QED) is 0.918. The Balaban J connectivity index is 2.27. The monoisotopic (exact) mass is 332 g/mol. The number of fused-ring (bicyclic) bond motifs is 1. The Morgan fingerprint density at radius 3 is 2.54 bits per heavy atom. The number of rotatable bonds is 4. The molecule has 2 rings (SSSR count). The fraction of sp³-hybridized carbons (Fsp3) is 0.579. The van der Waals surface area contributed by atoms with Crippen molar-refractivity contribution in [3.8, 4) is 0 Å². The van der Waals surface area contributed by atoms with E-state index in [2.05, 4.69) is 4.90 Å². The van der Waals surface area contributed by atoms with Crippen molar-refractivity contribution in [2.45, 2.75) is 46.8 Å². The molecule has 1 heterocycles. The van der Waals surface area contributed by atoms with E-state index in [1.807, 2.05) is 45.0 Å². The van der Waals surface area contributed by atoms with Gasteiger partial charge in [0.25, 0.3) is 0 Å². The van der Waals surface area contributed by atoms with Crippen LogP contribution in [0, 0.1) is 5.41 Å². The molecule has 0 radical (unpaired) electrons. The van der Waals surface area contributed by atoms with E-state index in [4.69, 9.17) is 0 Å². The molecule has 0 spiro atoms. The molecular weight excluding hydrogens is 304 g/mol. The number of para-hydroxylation sites is 1. The number of aliphatic hydroxyl groups excluding tert-OH is 1. The number of hydrogen-bond acceptors (Lipinski definition) is 4. The van der Waals surface area contributed by atoms with Crippen molar-refractivity contribution in [2.75, 3.05) is 24.5 Å². The minimum absolute atomic E-state index is 0.0160. The third kappa shape index (κ3) is 4.57. The molecule has 0 saturated heterocycles. The summed E-state index contributed by atoms with van der Waals surface area (Å²) in [6, 6.07) is 7.89. The Kier molecular flexibility index (Phi) is 5.65. The summed E-state index contributed by atoms with van der Waals surface area (Å²) < 4.78 is 0. The smallest absolute Gasteiger partial charge is 0.225 e. The number of carbonyl (C=O) groups excluding carboxylic acids is 2. The molecule has 1 N–H and O–H groups in total. The summed E-state index contributed by atoms with van der Waals surface area (Å²) in [5.41, 5.74) is 1.58. The zero-order valence-electron chi connectivity index (χ0n) is 15.1. The second-order valence-electron chi connectivity index (χ2n) is 7.60. The maximum atomic E-state index is 12.6. The second kappa shape index (κ2) is 7.34. The van der Waals surface area contributed by atoms with E-state index in [0.29, 0.717) is 26.1 Å². The SMILES string of the molecule is CC(O)CN1CCC(=O)N(CC(=O)C(C)(C)C)Cc2ccccc21. The molecule has 0 fully saturated rings. The fourth-order valence-electron chi connectivity index (χ4n) is 2.82. The number of aliphatic hydroxyl groups is 1. The van der Waals surface area contributed by atoms with Crippen LogP contribution in [0.4, 0.5) is 5.69 Å². The molecule has 1 aliphatic heterocycles. The van der Waals surface area contributed by atoms with Gasteiger partial charge in [-0.2, -0.15) is 0 Å². The minimum Gasteiger partial charge on any atom is -0.392 e. The molecule has 5 heteroatoms. The first-order valence-corrected chi connectivity index (χ1v) is 8.50. The lowest BCUT2D eigenvalue weighted by molar-refractivity contribution is -0.138. The maximum absolute atomic E-state index is 12.6. The van der Waals surface area contributed by atoms with Crippen LogP contribution in [0.5, 0.6) is 0 Å². The summed E-state index contributed by atoms with van der Waals surface area (Å²) >= 11 is 0. The van der Waals surface area contributed by atoms with E-state index in [-0.39, 0.29) is 18.2 Å². The number of β-amino-alcohol motifs (C(OH)–C–C–N with tert-alkyl or cyclic N) is 1. The standard InChI is InChI=1S/C19H28N2O3/c1-14(22)11-20-10-9-18(24)21(13-17(23)19(2,3)4)12-15-7-5-6-8-16(15)20/h5-8,14,22H,9-13H2,1-4H3. The first kappa shape index (κ1) is 18.5. The van der Waals surface area contributed by atoms with Crippen molar-refractivity contribution in [1.82, 2.24) is 4.90 Å². The van der Waals surface area contributed by atoms with Gasteiger partial charge < -0.3 is 14.9 Å². The summed E-state index contributed by atoms with van der Waals surface area (Å²) in [6.45, 7) is 8.98. The van der Waals surface area contributed by atoms with Crippen LogP contribution in [0.25, 0.3) is 0 Å². The highest BCUT2D eigenvalue weighted by Crippen LogP contribution is 2.26. The number of benzene rings is 1. The number of nitrogens with zero attached hydrogens (tertiary/aromatic N) is 2. The predicted molar refractivity (Wildman–Crippen MR) is 94.8 cm³/mol. The molecule has 1 atom stereocenters. The summed E-state index contributed by atoms with van der Waals surface area (Å²) in [7, 11) is 0. The van der Waals surface area contributed by atoms with Gasteiger partial charge in [0.1, 0.15) is 0 Å². The van der Waals surface area contributed by atoms with Gasteiger partial charge in [-0.3, -0.25) is 9.59 Å². The Labute approximate surface area is 144 Å². The average molecular weight is 332 g/mol. The third-order valence-corrected chi connectivity index (χ3v) is 4.30. The number of ketones is 1. The number of carbonyl (C=O) groups is 2. The number of anilines is 1. The molecule has 1 aliphatic rings. The van der Waals surface area contributed by atoms with E-state index in [1.54, 1.807) is 11.8 Å². The summed E-state index contributed by atoms with van der Waals surface area (Å²) in [6.07, 6.45) is -0.121. The van der Waals surface area contributed by atoms with Crippen LogP contribution in [-0.4, -0.2) is 47.4 Å². The molecule has 24 heavy (non-hydrogen) atoms. The van der Waals surface area contributed by atoms with Crippen LogP contribution in [0.3, 0.4) is 0 Å². The molecule has 1 aromatic carbocycles. The highest BCUT2D eigenvalue weighted by Gasteiger charge is 2.28. The summed E-state index contributed by atoms with van der Waals surface area (Å²) in [4.78, 5) is 28.6. The third-order valence-electron chi connectivity index (χ3n) is 4.30. The van der Waals surface area contributed by atoms with Crippen LogP contribution in [-0.2, 0) is 16.1 Å². The van der Waals surface area contributed by atoms with Gasteiger partial charge in [0, 0.05) is 37.2 Å². The molecule has 1 amide bonds. The van der Waals surface area contributed by atoms with Crippen LogP contribution >= 0.6 is 0 Å². The van der Waals surface area contributed by atoms with Gasteiger partial charge in [0.05, 0.1) is 12.6 Å². The van der Waals surface area contributed by atoms with Crippen molar-refractivity contribution >= 4 is 17.4 Å². The molecule has 5 nitrogen and oxygen atoms in total. The highest BCUT2D eigenvalue weighted by atomic mass is 16.3. The lowest BCUT2D eigenvalue weighted by Crippen LogP contribution is -2.43. The van der Waals surface area contributed by atoms with Gasteiger partial charge in [0.2, 0.25) is 5.91 Å². The molecule has 1 aromatic rings. The second-order valence-corrected chi connectivity index (χ2v) is 7.60. The van der Waals surface area contributed by atoms with Crippen LogP contribution < -0.4 is 4.90 Å². The van der Waals surface area contributed by atoms with Gasteiger partial charge in [-0.15, -0.1) is 0 Å². The van der Waals surface area contributed by atoms with Crippen molar-refractivity contribution in [3.63, 3.8) is 0 Å². The molecule has 0 aromatic heterocycles. The number of Topliss-reactive ketones (excluding diaryl/α,β-unsaturated/α-hetero) is 1. The van der Waals surface area contributed by atoms with Crippen molar-refractivity contribution < 1.29 is 14.7 Å². The molecule has 132 valence electrons. The van der Waals surface area contributed by atoms with Gasteiger partial charge in [-0.1, -0.05) is 39.0 Å². The van der Waals surface area contributed by atoms with Gasteiger partial charge in [-0.05, 0) is 18.6 Å². The molecule has 0 aliphatic carbocycles. The maximum Gasteiger partial charge on any atom is 0.225 e. The predicted octanol–water partition coefficient (Wildman–Crippen LogP) is 2.22. The Hall–Kier alpha value is -1.88. The molecular formula is C19H28N2O3. The van der Waals surface area contributed by atoms with E-state index >= 15 is 0 Å². The largest absolute Gasteiger partial charge is 0.392 e. The first-order valence-electron chi connectivity index (χ1n) is 8.50. The van der Waals surface area contributed by atoms with Crippen LogP contribution in [0.15, 0.2) is 24.3 Å². The van der Waals surface area contributed by atoms with Gasteiger partial charge >= 0.3 is 0 Å². The molecule has 0 bridgehead atoms. The van der Waals surface area contributed by atoms with E-state index in [0.717, 1.165) is 11.3 Å². The van der Waals surface area contributed by atoms with Gasteiger partial charge in [0.15, 0.2) is 5.78 Å². The van der Waals surface area contributed by atoms with E-state index < -0.39 is 11.5 Å². The van der Waals surface area contributed by atoms with Gasteiger partial charge in [-0.25, -0.2) is 0 Å². The number of hydrogen-bond donors (Lipinski definition) is 1. The zero-order valence-corrected chi connectivity index (χ0v) is 15.1. The molecule has 1 unspecified atom stereocenters. The fourth-order valence-corrected chi connectivity index (χ4v) is 2.82. The van der Waals surface area contributed by atoms with Crippen molar-refractivity contribution in [1.29, 1.82) is 0 Å². The summed E-state index contributed by atoms with van der Waals surface area (Å²) in [5.74, 6) is 0.0486. The lowest BCUT2D eigenvalue weighted by atomic mass is 9.90.